The molecule has 1 saturated heterocycles. The van der Waals surface area contributed by atoms with Crippen LogP contribution in [-0.2, 0) is 16.0 Å². The summed E-state index contributed by atoms with van der Waals surface area (Å²) >= 11 is 0. The minimum absolute atomic E-state index is 0.0741. The van der Waals surface area contributed by atoms with E-state index in [4.69, 9.17) is 4.74 Å². The molecule has 1 aromatic heterocycles. The third kappa shape index (κ3) is 3.86. The van der Waals surface area contributed by atoms with Crippen molar-refractivity contribution in [3.63, 3.8) is 0 Å². The first-order valence-electron chi connectivity index (χ1n) is 8.40. The van der Waals surface area contributed by atoms with Gasteiger partial charge < -0.3 is 19.5 Å². The number of nitrogens with one attached hydrogen (secondary N) is 1. The quantitative estimate of drug-likeness (QED) is 0.855. The lowest BCUT2D eigenvalue weighted by molar-refractivity contribution is -0.134. The molecular formula is C19H25N3O2. The first-order chi connectivity index (χ1) is 11.6. The van der Waals surface area contributed by atoms with Crippen molar-refractivity contribution in [3.05, 3.63) is 48.2 Å². The van der Waals surface area contributed by atoms with E-state index in [0.29, 0.717) is 19.8 Å². The fraction of sp³-hybridized carbons (Fsp3) is 0.421. The van der Waals surface area contributed by atoms with Crippen molar-refractivity contribution in [3.8, 4) is 0 Å². The summed E-state index contributed by atoms with van der Waals surface area (Å²) in [4.78, 5) is 19.8. The number of H-pyrrole nitrogens is 1. The fourth-order valence-electron chi connectivity index (χ4n) is 3.13. The lowest BCUT2D eigenvalue weighted by Gasteiger charge is -2.35. The van der Waals surface area contributed by atoms with E-state index in [1.165, 1.54) is 10.9 Å². The van der Waals surface area contributed by atoms with Crippen molar-refractivity contribution < 1.29 is 9.53 Å². The highest BCUT2D eigenvalue weighted by molar-refractivity contribution is 5.88. The number of hydrogen-bond acceptors (Lipinski definition) is 3. The van der Waals surface area contributed by atoms with E-state index in [2.05, 4.69) is 17.1 Å². The zero-order valence-corrected chi connectivity index (χ0v) is 14.4. The second-order valence-corrected chi connectivity index (χ2v) is 6.49. The van der Waals surface area contributed by atoms with Crippen LogP contribution in [0.1, 0.15) is 5.56 Å². The molecule has 24 heavy (non-hydrogen) atoms. The number of nitrogens with zero attached hydrogens (tertiary/aromatic N) is 2. The molecule has 2 heterocycles. The van der Waals surface area contributed by atoms with Crippen molar-refractivity contribution in [2.75, 3.05) is 40.4 Å². The number of likely N-dealkylation sites (N-methyl/N-ethyl adjacent to an activating group) is 1. The molecule has 3 rings (SSSR count). The van der Waals surface area contributed by atoms with Gasteiger partial charge in [0.15, 0.2) is 0 Å². The molecule has 5 nitrogen and oxygen atoms in total. The molecule has 0 aliphatic carbocycles. The number of carbonyl (C=O) groups is 1. The SMILES string of the molecule is CN(C)C/C=C/C(=O)N1CCOCC1Cc1c[nH]c2ccccc12. The standard InChI is InChI=1S/C19H25N3O2/c1-21(2)9-5-8-19(23)22-10-11-24-14-16(22)12-15-13-20-18-7-4-3-6-17(15)18/h3-8,13,16,20H,9-12,14H2,1-2H3/b8-5+. The van der Waals surface area contributed by atoms with Crippen molar-refractivity contribution >= 4 is 16.8 Å². The highest BCUT2D eigenvalue weighted by Crippen LogP contribution is 2.22. The Morgan fingerprint density at radius 1 is 1.42 bits per heavy atom. The summed E-state index contributed by atoms with van der Waals surface area (Å²) in [6.07, 6.45) is 6.45. The number of fused-ring (bicyclic) bond motifs is 1. The Morgan fingerprint density at radius 2 is 2.25 bits per heavy atom. The van der Waals surface area contributed by atoms with Crippen LogP contribution in [0.15, 0.2) is 42.6 Å². The molecular weight excluding hydrogens is 302 g/mol. The Bertz CT molecular complexity index is 720. The van der Waals surface area contributed by atoms with Crippen LogP contribution in [0.5, 0.6) is 0 Å². The maximum absolute atomic E-state index is 12.5. The molecule has 2 aromatic rings. The number of amides is 1. The zero-order chi connectivity index (χ0) is 16.9. The number of rotatable bonds is 5. The van der Waals surface area contributed by atoms with Crippen molar-refractivity contribution in [2.45, 2.75) is 12.5 Å². The molecule has 1 aliphatic rings. The summed E-state index contributed by atoms with van der Waals surface area (Å²) in [5, 5.41) is 1.22. The number of benzene rings is 1. The Labute approximate surface area is 142 Å². The van der Waals surface area contributed by atoms with Gasteiger partial charge in [-0.05, 0) is 32.1 Å². The molecule has 0 bridgehead atoms. The molecule has 1 aliphatic heterocycles. The molecule has 0 spiro atoms. The number of ether oxygens (including phenoxy) is 1. The number of hydrogen-bond donors (Lipinski definition) is 1. The van der Waals surface area contributed by atoms with Crippen LogP contribution in [0.25, 0.3) is 10.9 Å². The van der Waals surface area contributed by atoms with Crippen molar-refractivity contribution in [1.82, 2.24) is 14.8 Å². The predicted octanol–water partition coefficient (Wildman–Crippen LogP) is 2.06. The monoisotopic (exact) mass is 327 g/mol. The molecule has 1 aromatic carbocycles. The molecule has 1 fully saturated rings. The summed E-state index contributed by atoms with van der Waals surface area (Å²) in [5.74, 6) is 0.0741. The Hall–Kier alpha value is -2.11. The third-order valence-corrected chi connectivity index (χ3v) is 4.37. The topological polar surface area (TPSA) is 48.6 Å². The first-order valence-corrected chi connectivity index (χ1v) is 8.40. The summed E-state index contributed by atoms with van der Waals surface area (Å²) in [7, 11) is 3.98. The molecule has 1 amide bonds. The number of para-hydroxylation sites is 1. The highest BCUT2D eigenvalue weighted by atomic mass is 16.5. The second-order valence-electron chi connectivity index (χ2n) is 6.49. The highest BCUT2D eigenvalue weighted by Gasteiger charge is 2.26. The van der Waals surface area contributed by atoms with Crippen LogP contribution in [0, 0.1) is 0 Å². The third-order valence-electron chi connectivity index (χ3n) is 4.37. The summed E-state index contributed by atoms with van der Waals surface area (Å²) < 4.78 is 5.63. The van der Waals surface area contributed by atoms with Gasteiger partial charge in [0.05, 0.1) is 19.3 Å². The minimum atomic E-state index is 0.0741. The van der Waals surface area contributed by atoms with E-state index in [1.54, 1.807) is 6.08 Å². The normalized spacial score (nSPS) is 18.8. The Kier molecular flexibility index (Phi) is 5.33. The smallest absolute Gasteiger partial charge is 0.246 e. The second kappa shape index (κ2) is 7.64. The Balaban J connectivity index is 1.72. The van der Waals surface area contributed by atoms with Gasteiger partial charge in [0, 0.05) is 36.3 Å². The largest absolute Gasteiger partial charge is 0.377 e. The lowest BCUT2D eigenvalue weighted by Crippen LogP contribution is -2.49. The molecule has 128 valence electrons. The van der Waals surface area contributed by atoms with Crippen LogP contribution in [-0.4, -0.2) is 67.1 Å². The molecule has 0 radical (unpaired) electrons. The average Bonchev–Trinajstić information content (AvgIpc) is 2.98. The summed E-state index contributed by atoms with van der Waals surface area (Å²) in [5.41, 5.74) is 2.36. The number of carbonyl (C=O) groups excluding carboxylic acids is 1. The molecule has 1 unspecified atom stereocenters. The lowest BCUT2D eigenvalue weighted by atomic mass is 10.0. The first kappa shape index (κ1) is 16.7. The average molecular weight is 327 g/mol. The maximum atomic E-state index is 12.5. The van der Waals surface area contributed by atoms with E-state index in [9.17, 15) is 4.79 Å². The van der Waals surface area contributed by atoms with Crippen LogP contribution < -0.4 is 0 Å². The van der Waals surface area contributed by atoms with Crippen molar-refractivity contribution in [1.29, 1.82) is 0 Å². The predicted molar refractivity (Wildman–Crippen MR) is 96.0 cm³/mol. The van der Waals surface area contributed by atoms with E-state index in [0.717, 1.165) is 18.5 Å². The zero-order valence-electron chi connectivity index (χ0n) is 14.4. The molecule has 0 saturated carbocycles. The van der Waals surface area contributed by atoms with E-state index < -0.39 is 0 Å². The van der Waals surface area contributed by atoms with Crippen LogP contribution in [0.4, 0.5) is 0 Å². The van der Waals surface area contributed by atoms with Gasteiger partial charge in [-0.2, -0.15) is 0 Å². The van der Waals surface area contributed by atoms with Gasteiger partial charge >= 0.3 is 0 Å². The van der Waals surface area contributed by atoms with Gasteiger partial charge in [0.2, 0.25) is 5.91 Å². The van der Waals surface area contributed by atoms with E-state index in [-0.39, 0.29) is 11.9 Å². The number of aromatic amines is 1. The van der Waals surface area contributed by atoms with Gasteiger partial charge in [-0.3, -0.25) is 4.79 Å². The maximum Gasteiger partial charge on any atom is 0.246 e. The van der Waals surface area contributed by atoms with Gasteiger partial charge in [-0.15, -0.1) is 0 Å². The minimum Gasteiger partial charge on any atom is -0.377 e. The summed E-state index contributed by atoms with van der Waals surface area (Å²) in [6, 6.07) is 8.34. The van der Waals surface area contributed by atoms with Gasteiger partial charge in [-0.1, -0.05) is 24.3 Å². The van der Waals surface area contributed by atoms with Crippen LogP contribution in [0.2, 0.25) is 0 Å². The van der Waals surface area contributed by atoms with Gasteiger partial charge in [0.25, 0.3) is 0 Å². The number of morpholine rings is 1. The fourth-order valence-corrected chi connectivity index (χ4v) is 3.13. The van der Waals surface area contributed by atoms with E-state index in [1.807, 2.05) is 48.3 Å². The van der Waals surface area contributed by atoms with Gasteiger partial charge in [0.1, 0.15) is 0 Å². The van der Waals surface area contributed by atoms with Crippen LogP contribution >= 0.6 is 0 Å². The molecule has 1 atom stereocenters. The van der Waals surface area contributed by atoms with Crippen molar-refractivity contribution in [2.24, 2.45) is 0 Å². The van der Waals surface area contributed by atoms with Crippen LogP contribution in [0.3, 0.4) is 0 Å². The Morgan fingerprint density at radius 3 is 3.08 bits per heavy atom. The van der Waals surface area contributed by atoms with E-state index >= 15 is 0 Å². The number of aromatic nitrogens is 1. The van der Waals surface area contributed by atoms with Gasteiger partial charge in [-0.25, -0.2) is 0 Å². The molecule has 1 N–H and O–H groups in total. The summed E-state index contributed by atoms with van der Waals surface area (Å²) in [6.45, 7) is 2.62. The molecule has 5 heteroatoms.